The number of carbonyl (C=O) groups excluding carboxylic acids is 3. The number of allylic oxidation sites excluding steroid dienone is 12. The molecule has 0 aliphatic heterocycles. The lowest BCUT2D eigenvalue weighted by atomic mass is 10.1. The van der Waals surface area contributed by atoms with Crippen molar-refractivity contribution in [1.29, 1.82) is 0 Å². The van der Waals surface area contributed by atoms with Gasteiger partial charge in [0, 0.05) is 19.3 Å². The molecule has 0 spiro atoms. The lowest BCUT2D eigenvalue weighted by Crippen LogP contribution is -2.30. The molecule has 0 aromatic carbocycles. The average molecular weight is 964 g/mol. The van der Waals surface area contributed by atoms with E-state index in [4.69, 9.17) is 14.2 Å². The molecule has 0 saturated carbocycles. The first-order chi connectivity index (χ1) is 34.0. The SMILES string of the molecule is CCCCC/C=C\C/C=C\C/C=C\CCCCC(=O)OC[C@H](COC(=O)CCCCCCCCCCC/C=C\C/C=C\CCCCC)OC(=O)CCCCCCCCC/C=C\CCCCCCCC. The molecule has 6 nitrogen and oxygen atoms in total. The number of hydrogen-bond acceptors (Lipinski definition) is 6. The molecule has 69 heavy (non-hydrogen) atoms. The van der Waals surface area contributed by atoms with Crippen molar-refractivity contribution in [3.05, 3.63) is 72.9 Å². The Kier molecular flexibility index (Phi) is 54.8. The van der Waals surface area contributed by atoms with Gasteiger partial charge < -0.3 is 14.2 Å². The van der Waals surface area contributed by atoms with Gasteiger partial charge in [-0.05, 0) is 116 Å². The van der Waals surface area contributed by atoms with Gasteiger partial charge >= 0.3 is 17.9 Å². The Morgan fingerprint density at radius 3 is 0.884 bits per heavy atom. The molecule has 0 fully saturated rings. The fraction of sp³-hybridized carbons (Fsp3) is 0.762. The van der Waals surface area contributed by atoms with Crippen LogP contribution in [0.2, 0.25) is 0 Å². The van der Waals surface area contributed by atoms with Gasteiger partial charge in [-0.15, -0.1) is 0 Å². The summed E-state index contributed by atoms with van der Waals surface area (Å²) in [5.74, 6) is -0.930. The standard InChI is InChI=1S/C63H110O6/c1-4-7-10-13-16-19-22-25-28-30-31-33-35-38-41-44-47-50-53-56-62(65)68-59-60(58-67-61(64)55-52-49-46-43-40-37-34-27-24-21-18-15-12-9-6-3)69-63(66)57-54-51-48-45-42-39-36-32-29-26-23-20-17-14-11-8-5-2/h16,18-19,21,25-29,34,40,43,60H,4-15,17,20,22-24,30-33,35-39,41-42,44-59H2,1-3H3/b19-16-,21-18-,28-25-,29-26-,34-27-,43-40-/t60-/m1/s1. The Balaban J connectivity index is 4.42. The van der Waals surface area contributed by atoms with Crippen LogP contribution in [0.15, 0.2) is 72.9 Å². The van der Waals surface area contributed by atoms with E-state index in [1.165, 1.54) is 173 Å². The molecule has 0 rings (SSSR count). The summed E-state index contributed by atoms with van der Waals surface area (Å²) < 4.78 is 16.8. The highest BCUT2D eigenvalue weighted by molar-refractivity contribution is 5.71. The molecule has 398 valence electrons. The predicted molar refractivity (Wildman–Crippen MR) is 298 cm³/mol. The average Bonchev–Trinajstić information content (AvgIpc) is 3.35. The molecule has 0 aromatic rings. The minimum atomic E-state index is -0.795. The monoisotopic (exact) mass is 963 g/mol. The highest BCUT2D eigenvalue weighted by Crippen LogP contribution is 2.15. The number of hydrogen-bond donors (Lipinski definition) is 0. The van der Waals surface area contributed by atoms with Crippen LogP contribution in [0.25, 0.3) is 0 Å². The van der Waals surface area contributed by atoms with Crippen molar-refractivity contribution in [2.75, 3.05) is 13.2 Å². The van der Waals surface area contributed by atoms with E-state index < -0.39 is 6.10 Å². The minimum Gasteiger partial charge on any atom is -0.462 e. The summed E-state index contributed by atoms with van der Waals surface area (Å²) in [4.78, 5) is 38.2. The minimum absolute atomic E-state index is 0.0907. The molecule has 1 atom stereocenters. The van der Waals surface area contributed by atoms with E-state index in [2.05, 4.69) is 93.7 Å². The van der Waals surface area contributed by atoms with Gasteiger partial charge in [0.15, 0.2) is 6.10 Å². The molecule has 0 aromatic heterocycles. The quantitative estimate of drug-likeness (QED) is 0.0262. The lowest BCUT2D eigenvalue weighted by molar-refractivity contribution is -0.167. The highest BCUT2D eigenvalue weighted by Gasteiger charge is 2.19. The van der Waals surface area contributed by atoms with Crippen molar-refractivity contribution >= 4 is 17.9 Å². The van der Waals surface area contributed by atoms with Crippen LogP contribution >= 0.6 is 0 Å². The number of rotatable bonds is 53. The van der Waals surface area contributed by atoms with Crippen LogP contribution in [0.4, 0.5) is 0 Å². The van der Waals surface area contributed by atoms with E-state index in [0.29, 0.717) is 19.3 Å². The van der Waals surface area contributed by atoms with Crippen LogP contribution in [0, 0.1) is 0 Å². The number of carbonyl (C=O) groups is 3. The van der Waals surface area contributed by atoms with Crippen molar-refractivity contribution < 1.29 is 28.6 Å². The molecule has 6 heteroatoms. The summed E-state index contributed by atoms with van der Waals surface area (Å²) in [6, 6.07) is 0. The van der Waals surface area contributed by atoms with Gasteiger partial charge in [0.1, 0.15) is 13.2 Å². The van der Waals surface area contributed by atoms with Gasteiger partial charge in [0.2, 0.25) is 0 Å². The van der Waals surface area contributed by atoms with E-state index in [-0.39, 0.29) is 31.1 Å². The smallest absolute Gasteiger partial charge is 0.306 e. The second-order valence-corrected chi connectivity index (χ2v) is 19.5. The normalized spacial score (nSPS) is 12.6. The van der Waals surface area contributed by atoms with Gasteiger partial charge in [0.05, 0.1) is 0 Å². The topological polar surface area (TPSA) is 78.9 Å². The van der Waals surface area contributed by atoms with E-state index in [1.54, 1.807) is 0 Å². The molecule has 0 aliphatic carbocycles. The maximum Gasteiger partial charge on any atom is 0.306 e. The van der Waals surface area contributed by atoms with Gasteiger partial charge in [-0.3, -0.25) is 14.4 Å². The summed E-state index contributed by atoms with van der Waals surface area (Å²) in [7, 11) is 0. The summed E-state index contributed by atoms with van der Waals surface area (Å²) >= 11 is 0. The molecular formula is C63H110O6. The highest BCUT2D eigenvalue weighted by atomic mass is 16.6. The van der Waals surface area contributed by atoms with Crippen molar-refractivity contribution in [3.8, 4) is 0 Å². The van der Waals surface area contributed by atoms with Gasteiger partial charge in [-0.1, -0.05) is 229 Å². The van der Waals surface area contributed by atoms with E-state index in [9.17, 15) is 14.4 Å². The van der Waals surface area contributed by atoms with Gasteiger partial charge in [0.25, 0.3) is 0 Å². The number of esters is 3. The molecule has 0 amide bonds. The first-order valence-corrected chi connectivity index (χ1v) is 29.4. The Hall–Kier alpha value is -3.15. The van der Waals surface area contributed by atoms with Crippen molar-refractivity contribution in [2.24, 2.45) is 0 Å². The fourth-order valence-electron chi connectivity index (χ4n) is 8.18. The maximum atomic E-state index is 12.9. The Labute approximate surface area is 427 Å². The lowest BCUT2D eigenvalue weighted by Gasteiger charge is -2.18. The van der Waals surface area contributed by atoms with Crippen LogP contribution in [0.5, 0.6) is 0 Å². The molecule has 0 unspecified atom stereocenters. The molecule has 0 N–H and O–H groups in total. The Morgan fingerprint density at radius 2 is 0.522 bits per heavy atom. The third kappa shape index (κ3) is 55.6. The van der Waals surface area contributed by atoms with Crippen LogP contribution in [-0.4, -0.2) is 37.2 Å². The third-order valence-electron chi connectivity index (χ3n) is 12.7. The summed E-state index contributed by atoms with van der Waals surface area (Å²) in [5.41, 5.74) is 0. The molecule has 0 aliphatic rings. The Morgan fingerprint density at radius 1 is 0.290 bits per heavy atom. The summed E-state index contributed by atoms with van der Waals surface area (Å²) in [6.45, 7) is 6.56. The zero-order valence-corrected chi connectivity index (χ0v) is 45.6. The molecule has 0 saturated heterocycles. The third-order valence-corrected chi connectivity index (χ3v) is 12.7. The van der Waals surface area contributed by atoms with Crippen LogP contribution < -0.4 is 0 Å². The van der Waals surface area contributed by atoms with Crippen molar-refractivity contribution in [1.82, 2.24) is 0 Å². The first kappa shape index (κ1) is 65.8. The van der Waals surface area contributed by atoms with E-state index in [1.807, 2.05) is 0 Å². The zero-order valence-electron chi connectivity index (χ0n) is 45.6. The van der Waals surface area contributed by atoms with Crippen LogP contribution in [0.3, 0.4) is 0 Å². The largest absolute Gasteiger partial charge is 0.462 e. The zero-order chi connectivity index (χ0) is 50.0. The number of unbranched alkanes of at least 4 members (excludes halogenated alkanes) is 30. The summed E-state index contributed by atoms with van der Waals surface area (Å²) in [6.07, 6.45) is 73.2. The number of ether oxygens (including phenoxy) is 3. The second-order valence-electron chi connectivity index (χ2n) is 19.5. The maximum absolute atomic E-state index is 12.9. The molecule has 0 heterocycles. The molecule has 0 radical (unpaired) electrons. The predicted octanol–water partition coefficient (Wildman–Crippen LogP) is 19.8. The molecular weight excluding hydrogens is 853 g/mol. The van der Waals surface area contributed by atoms with Crippen LogP contribution in [-0.2, 0) is 28.6 Å². The van der Waals surface area contributed by atoms with E-state index in [0.717, 1.165) is 77.0 Å². The Bertz CT molecular complexity index is 1290. The second kappa shape index (κ2) is 57.4. The van der Waals surface area contributed by atoms with Gasteiger partial charge in [-0.2, -0.15) is 0 Å². The van der Waals surface area contributed by atoms with Crippen molar-refractivity contribution in [3.63, 3.8) is 0 Å². The fourth-order valence-corrected chi connectivity index (χ4v) is 8.18. The first-order valence-electron chi connectivity index (χ1n) is 29.4. The van der Waals surface area contributed by atoms with Crippen molar-refractivity contribution in [2.45, 2.75) is 297 Å². The van der Waals surface area contributed by atoms with Crippen LogP contribution in [0.1, 0.15) is 290 Å². The molecule has 0 bridgehead atoms. The van der Waals surface area contributed by atoms with Gasteiger partial charge in [-0.25, -0.2) is 0 Å². The summed E-state index contributed by atoms with van der Waals surface area (Å²) in [5, 5.41) is 0. The van der Waals surface area contributed by atoms with E-state index >= 15 is 0 Å².